The van der Waals surface area contributed by atoms with Gasteiger partial charge in [0.05, 0.1) is 6.61 Å². The zero-order chi connectivity index (χ0) is 15.0. The van der Waals surface area contributed by atoms with Crippen LogP contribution in [0.3, 0.4) is 0 Å². The SMILES string of the molecule is CC(C)(C)[Si](C)(C)OC[C@H](O)[C@H]1OC(=O)[C@@H](O)[C@H]1O. The lowest BCUT2D eigenvalue weighted by molar-refractivity contribution is -0.151. The molecule has 7 heteroatoms. The molecule has 1 aliphatic heterocycles. The lowest BCUT2D eigenvalue weighted by Crippen LogP contribution is -2.46. The molecule has 1 aliphatic rings. The molecule has 0 aromatic carbocycles. The van der Waals surface area contributed by atoms with Crippen LogP contribution in [0.1, 0.15) is 20.8 Å². The van der Waals surface area contributed by atoms with E-state index < -0.39 is 38.7 Å². The van der Waals surface area contributed by atoms with Gasteiger partial charge in [0.25, 0.3) is 0 Å². The van der Waals surface area contributed by atoms with Crippen molar-refractivity contribution in [1.29, 1.82) is 0 Å². The van der Waals surface area contributed by atoms with E-state index in [1.165, 1.54) is 0 Å². The van der Waals surface area contributed by atoms with Gasteiger partial charge in [-0.1, -0.05) is 20.8 Å². The molecule has 0 amide bonds. The van der Waals surface area contributed by atoms with E-state index in [1.807, 2.05) is 13.1 Å². The minimum atomic E-state index is -2.02. The van der Waals surface area contributed by atoms with E-state index in [2.05, 4.69) is 20.8 Å². The number of aliphatic hydroxyl groups excluding tert-OH is 3. The summed E-state index contributed by atoms with van der Waals surface area (Å²) in [6.07, 6.45) is -5.28. The highest BCUT2D eigenvalue weighted by atomic mass is 28.4. The molecule has 1 fully saturated rings. The minimum absolute atomic E-state index is 0.00278. The maximum absolute atomic E-state index is 11.1. The summed E-state index contributed by atoms with van der Waals surface area (Å²) in [5.41, 5.74) is 0. The Hall–Kier alpha value is -0.473. The summed E-state index contributed by atoms with van der Waals surface area (Å²) in [5.74, 6) is -0.913. The van der Waals surface area contributed by atoms with Crippen molar-refractivity contribution in [1.82, 2.24) is 0 Å². The van der Waals surface area contributed by atoms with Gasteiger partial charge in [0, 0.05) is 0 Å². The number of hydrogen-bond donors (Lipinski definition) is 3. The van der Waals surface area contributed by atoms with Gasteiger partial charge >= 0.3 is 5.97 Å². The third-order valence-electron chi connectivity index (χ3n) is 3.95. The maximum Gasteiger partial charge on any atom is 0.338 e. The van der Waals surface area contributed by atoms with Crippen molar-refractivity contribution in [3.05, 3.63) is 0 Å². The molecule has 19 heavy (non-hydrogen) atoms. The number of rotatable bonds is 4. The molecule has 0 spiro atoms. The Morgan fingerprint density at radius 2 is 1.89 bits per heavy atom. The van der Waals surface area contributed by atoms with Crippen molar-refractivity contribution in [2.24, 2.45) is 0 Å². The Morgan fingerprint density at radius 3 is 2.26 bits per heavy atom. The van der Waals surface area contributed by atoms with Crippen LogP contribution in [0.2, 0.25) is 18.1 Å². The predicted molar refractivity (Wildman–Crippen MR) is 71.0 cm³/mol. The third-order valence-corrected chi connectivity index (χ3v) is 8.45. The molecule has 3 N–H and O–H groups in total. The molecular weight excluding hydrogens is 268 g/mol. The molecule has 0 aromatic rings. The molecule has 112 valence electrons. The number of carbonyl (C=O) groups excluding carboxylic acids is 1. The van der Waals surface area contributed by atoms with E-state index in [9.17, 15) is 20.1 Å². The first-order valence-electron chi connectivity index (χ1n) is 6.36. The highest BCUT2D eigenvalue weighted by molar-refractivity contribution is 6.74. The molecule has 1 heterocycles. The van der Waals surface area contributed by atoms with Crippen molar-refractivity contribution in [2.45, 2.75) is 63.3 Å². The number of esters is 1. The van der Waals surface area contributed by atoms with Crippen LogP contribution in [0.25, 0.3) is 0 Å². The van der Waals surface area contributed by atoms with E-state index in [4.69, 9.17) is 9.16 Å². The molecule has 0 radical (unpaired) electrons. The van der Waals surface area contributed by atoms with E-state index in [1.54, 1.807) is 0 Å². The van der Waals surface area contributed by atoms with Crippen LogP contribution in [0.15, 0.2) is 0 Å². The second-order valence-electron chi connectivity index (χ2n) is 6.48. The van der Waals surface area contributed by atoms with E-state index in [-0.39, 0.29) is 11.6 Å². The molecular formula is C12H24O6Si. The molecule has 0 saturated carbocycles. The lowest BCUT2D eigenvalue weighted by Gasteiger charge is -2.37. The van der Waals surface area contributed by atoms with E-state index >= 15 is 0 Å². The Labute approximate surface area is 114 Å². The normalized spacial score (nSPS) is 30.3. The van der Waals surface area contributed by atoms with Crippen LogP contribution in [-0.2, 0) is 14.0 Å². The molecule has 1 rings (SSSR count). The fourth-order valence-electron chi connectivity index (χ4n) is 1.50. The van der Waals surface area contributed by atoms with Gasteiger partial charge in [-0.2, -0.15) is 0 Å². The van der Waals surface area contributed by atoms with Crippen molar-refractivity contribution < 1.29 is 29.3 Å². The molecule has 4 atom stereocenters. The molecule has 0 unspecified atom stereocenters. The van der Waals surface area contributed by atoms with Crippen LogP contribution in [0, 0.1) is 0 Å². The first kappa shape index (κ1) is 16.6. The summed E-state index contributed by atoms with van der Waals surface area (Å²) in [6.45, 7) is 10.2. The molecule has 0 aromatic heterocycles. The molecule has 0 bridgehead atoms. The molecule has 1 saturated heterocycles. The van der Waals surface area contributed by atoms with Gasteiger partial charge in [0.1, 0.15) is 12.2 Å². The van der Waals surface area contributed by atoms with Crippen LogP contribution in [0.4, 0.5) is 0 Å². The van der Waals surface area contributed by atoms with Crippen LogP contribution in [-0.4, -0.2) is 60.6 Å². The van der Waals surface area contributed by atoms with Crippen LogP contribution >= 0.6 is 0 Å². The van der Waals surface area contributed by atoms with Gasteiger partial charge in [0.15, 0.2) is 20.5 Å². The van der Waals surface area contributed by atoms with Gasteiger partial charge in [-0.25, -0.2) is 4.79 Å². The zero-order valence-electron chi connectivity index (χ0n) is 12.1. The third kappa shape index (κ3) is 3.54. The quantitative estimate of drug-likeness (QED) is 0.499. The average molecular weight is 292 g/mol. The van der Waals surface area contributed by atoms with Gasteiger partial charge in [-0.15, -0.1) is 0 Å². The first-order valence-corrected chi connectivity index (χ1v) is 9.27. The monoisotopic (exact) mass is 292 g/mol. The Kier molecular flexibility index (Phi) is 4.79. The van der Waals surface area contributed by atoms with Crippen molar-refractivity contribution >= 4 is 14.3 Å². The Bertz CT molecular complexity index is 338. The van der Waals surface area contributed by atoms with Crippen LogP contribution in [0.5, 0.6) is 0 Å². The van der Waals surface area contributed by atoms with Crippen molar-refractivity contribution in [3.8, 4) is 0 Å². The minimum Gasteiger partial charge on any atom is -0.455 e. The van der Waals surface area contributed by atoms with E-state index in [0.717, 1.165) is 0 Å². The second-order valence-corrected chi connectivity index (χ2v) is 11.3. The lowest BCUT2D eigenvalue weighted by atomic mass is 10.1. The topological polar surface area (TPSA) is 96.2 Å². The molecule has 0 aliphatic carbocycles. The largest absolute Gasteiger partial charge is 0.455 e. The van der Waals surface area contributed by atoms with Gasteiger partial charge < -0.3 is 24.5 Å². The van der Waals surface area contributed by atoms with Gasteiger partial charge in [-0.3, -0.25) is 0 Å². The number of aliphatic hydroxyl groups is 3. The van der Waals surface area contributed by atoms with Gasteiger partial charge in [0.2, 0.25) is 0 Å². The zero-order valence-corrected chi connectivity index (χ0v) is 13.1. The number of carbonyl (C=O) groups is 1. The number of cyclic esters (lactones) is 1. The summed E-state index contributed by atoms with van der Waals surface area (Å²) in [7, 11) is -2.02. The summed E-state index contributed by atoms with van der Waals surface area (Å²) >= 11 is 0. The standard InChI is InChI=1S/C12H24O6Si/c1-12(2,3)19(4,5)17-6-7(13)10-8(14)9(15)11(16)18-10/h7-10,13-15H,6H2,1-5H3/t7-,8+,9-,10+/m0/s1. The van der Waals surface area contributed by atoms with Crippen molar-refractivity contribution in [3.63, 3.8) is 0 Å². The molecule has 6 nitrogen and oxygen atoms in total. The summed E-state index contributed by atoms with van der Waals surface area (Å²) < 4.78 is 10.5. The fraction of sp³-hybridized carbons (Fsp3) is 0.917. The summed E-state index contributed by atoms with van der Waals surface area (Å²) in [6, 6.07) is 0. The first-order chi connectivity index (χ1) is 8.47. The Balaban J connectivity index is 2.58. The van der Waals surface area contributed by atoms with Gasteiger partial charge in [-0.05, 0) is 18.1 Å². The highest BCUT2D eigenvalue weighted by Gasteiger charge is 2.47. The maximum atomic E-state index is 11.1. The smallest absolute Gasteiger partial charge is 0.338 e. The Morgan fingerprint density at radius 1 is 1.37 bits per heavy atom. The van der Waals surface area contributed by atoms with E-state index in [0.29, 0.717) is 0 Å². The summed E-state index contributed by atoms with van der Waals surface area (Å²) in [5, 5.41) is 28.8. The summed E-state index contributed by atoms with van der Waals surface area (Å²) in [4.78, 5) is 11.1. The number of hydrogen-bond acceptors (Lipinski definition) is 6. The van der Waals surface area contributed by atoms with Crippen molar-refractivity contribution in [2.75, 3.05) is 6.61 Å². The second kappa shape index (κ2) is 5.49. The van der Waals surface area contributed by atoms with Crippen LogP contribution < -0.4 is 0 Å². The predicted octanol–water partition coefficient (Wildman–Crippen LogP) is 0.0163. The number of ether oxygens (including phenoxy) is 1. The highest BCUT2D eigenvalue weighted by Crippen LogP contribution is 2.36. The average Bonchev–Trinajstić information content (AvgIpc) is 2.52. The fourth-order valence-corrected chi connectivity index (χ4v) is 2.52.